The number of hydrogen-bond acceptors (Lipinski definition) is 6. The first-order valence-corrected chi connectivity index (χ1v) is 9.62. The van der Waals surface area contributed by atoms with Gasteiger partial charge in [0.2, 0.25) is 11.7 Å². The van der Waals surface area contributed by atoms with Gasteiger partial charge in [-0.3, -0.25) is 9.36 Å². The maximum Gasteiger partial charge on any atom is 0.333 e. The number of rotatable bonds is 4. The van der Waals surface area contributed by atoms with E-state index >= 15 is 0 Å². The van der Waals surface area contributed by atoms with Gasteiger partial charge in [0.25, 0.3) is 5.56 Å². The van der Waals surface area contributed by atoms with Crippen LogP contribution in [0.5, 0.6) is 0 Å². The second kappa shape index (κ2) is 7.32. The van der Waals surface area contributed by atoms with Crippen molar-refractivity contribution < 1.29 is 9.53 Å². The number of halogens is 1. The Morgan fingerprint density at radius 2 is 1.86 bits per heavy atom. The minimum atomic E-state index is -1.00. The molecule has 2 aromatic heterocycles. The number of hydrogen-bond donors (Lipinski definition) is 0. The Balaban J connectivity index is 2.19. The second-order valence-corrected chi connectivity index (χ2v) is 7.62. The highest BCUT2D eigenvalue weighted by Crippen LogP contribution is 2.26. The van der Waals surface area contributed by atoms with Gasteiger partial charge in [0, 0.05) is 18.6 Å². The summed E-state index contributed by atoms with van der Waals surface area (Å²) in [6.07, 6.45) is 0. The van der Waals surface area contributed by atoms with Crippen molar-refractivity contribution >= 4 is 44.5 Å². The molecule has 148 valence electrons. The lowest BCUT2D eigenvalue weighted by atomic mass is 10.1. The summed E-state index contributed by atoms with van der Waals surface area (Å²) in [6.45, 7) is 0. The van der Waals surface area contributed by atoms with Gasteiger partial charge < -0.3 is 9.64 Å². The Bertz CT molecular complexity index is 1280. The van der Waals surface area contributed by atoms with Crippen LogP contribution < -0.4 is 10.5 Å². The van der Waals surface area contributed by atoms with E-state index in [1.807, 2.05) is 32.3 Å². The van der Waals surface area contributed by atoms with Gasteiger partial charge in [0.1, 0.15) is 0 Å². The van der Waals surface area contributed by atoms with Crippen LogP contribution in [-0.2, 0) is 9.53 Å². The SMILES string of the molecule is COC(=O)C(c1ccccc1)n1c(=O)c2cc(Br)ccc2n2c(N(C)C)nnc12. The van der Waals surface area contributed by atoms with Gasteiger partial charge in [-0.15, -0.1) is 10.2 Å². The molecule has 9 heteroatoms. The molecule has 0 aliphatic carbocycles. The predicted octanol–water partition coefficient (Wildman–Crippen LogP) is 2.64. The molecule has 0 radical (unpaired) electrons. The third-order valence-corrected chi connectivity index (χ3v) is 5.18. The van der Waals surface area contributed by atoms with E-state index in [0.717, 1.165) is 4.47 Å². The highest BCUT2D eigenvalue weighted by Gasteiger charge is 2.29. The first-order valence-electron chi connectivity index (χ1n) is 8.83. The van der Waals surface area contributed by atoms with Crippen LogP contribution >= 0.6 is 15.9 Å². The molecular weight excluding hydrogens is 438 g/mol. The van der Waals surface area contributed by atoms with E-state index in [4.69, 9.17) is 4.74 Å². The molecule has 29 heavy (non-hydrogen) atoms. The van der Waals surface area contributed by atoms with Gasteiger partial charge in [-0.2, -0.15) is 0 Å². The van der Waals surface area contributed by atoms with E-state index in [9.17, 15) is 9.59 Å². The van der Waals surface area contributed by atoms with Gasteiger partial charge in [-0.25, -0.2) is 9.20 Å². The van der Waals surface area contributed by atoms with Gasteiger partial charge in [-0.1, -0.05) is 46.3 Å². The molecule has 2 heterocycles. The lowest BCUT2D eigenvalue weighted by Crippen LogP contribution is -2.33. The normalized spacial score (nSPS) is 12.3. The number of carbonyl (C=O) groups excluding carboxylic acids is 1. The van der Waals surface area contributed by atoms with E-state index in [1.54, 1.807) is 39.6 Å². The molecule has 0 saturated carbocycles. The molecule has 0 spiro atoms. The standard InChI is InChI=1S/C20H18BrN5O3/c1-24(2)19-22-23-20-25(19)15-10-9-13(21)11-14(15)17(27)26(20)16(18(28)29-3)12-7-5-4-6-8-12/h4-11,16H,1-3H3. The lowest BCUT2D eigenvalue weighted by molar-refractivity contribution is -0.143. The molecule has 8 nitrogen and oxygen atoms in total. The Morgan fingerprint density at radius 3 is 2.52 bits per heavy atom. The Hall–Kier alpha value is -3.20. The molecular formula is C20H18BrN5O3. The van der Waals surface area contributed by atoms with Crippen molar-refractivity contribution in [2.75, 3.05) is 26.1 Å². The minimum absolute atomic E-state index is 0.257. The molecule has 4 aromatic rings. The van der Waals surface area contributed by atoms with Crippen molar-refractivity contribution in [3.8, 4) is 0 Å². The van der Waals surface area contributed by atoms with Crippen LogP contribution in [-0.4, -0.2) is 46.3 Å². The predicted molar refractivity (Wildman–Crippen MR) is 113 cm³/mol. The summed E-state index contributed by atoms with van der Waals surface area (Å²) < 4.78 is 8.90. The van der Waals surface area contributed by atoms with Crippen molar-refractivity contribution in [2.45, 2.75) is 6.04 Å². The Morgan fingerprint density at radius 1 is 1.14 bits per heavy atom. The summed E-state index contributed by atoms with van der Waals surface area (Å²) in [5.41, 5.74) is 0.910. The van der Waals surface area contributed by atoms with Crippen LogP contribution in [0, 0.1) is 0 Å². The van der Waals surface area contributed by atoms with E-state index in [0.29, 0.717) is 22.4 Å². The summed E-state index contributed by atoms with van der Waals surface area (Å²) in [6, 6.07) is 13.4. The number of anilines is 1. The van der Waals surface area contributed by atoms with E-state index in [1.165, 1.54) is 11.7 Å². The molecule has 0 fully saturated rings. The number of benzene rings is 2. The quantitative estimate of drug-likeness (QED) is 0.440. The Kier molecular flexibility index (Phi) is 4.83. The van der Waals surface area contributed by atoms with Crippen LogP contribution in [0.25, 0.3) is 16.7 Å². The monoisotopic (exact) mass is 455 g/mol. The number of ether oxygens (including phenoxy) is 1. The highest BCUT2D eigenvalue weighted by molar-refractivity contribution is 9.10. The first-order chi connectivity index (χ1) is 13.9. The molecule has 1 atom stereocenters. The van der Waals surface area contributed by atoms with Gasteiger partial charge in [0.15, 0.2) is 6.04 Å². The minimum Gasteiger partial charge on any atom is -0.467 e. The largest absolute Gasteiger partial charge is 0.467 e. The fourth-order valence-electron chi connectivity index (χ4n) is 3.39. The van der Waals surface area contributed by atoms with E-state index in [-0.39, 0.29) is 11.3 Å². The highest BCUT2D eigenvalue weighted by atomic mass is 79.9. The number of aromatic nitrogens is 4. The number of fused-ring (bicyclic) bond motifs is 3. The third-order valence-electron chi connectivity index (χ3n) is 4.69. The number of carbonyl (C=O) groups is 1. The number of nitrogens with zero attached hydrogens (tertiary/aromatic N) is 5. The van der Waals surface area contributed by atoms with Crippen molar-refractivity contribution in [1.82, 2.24) is 19.2 Å². The maximum absolute atomic E-state index is 13.5. The summed E-state index contributed by atoms with van der Waals surface area (Å²) >= 11 is 3.43. The third kappa shape index (κ3) is 3.07. The van der Waals surface area contributed by atoms with Gasteiger partial charge in [0.05, 0.1) is 18.0 Å². The molecule has 4 rings (SSSR count). The number of esters is 1. The van der Waals surface area contributed by atoms with Crippen molar-refractivity contribution in [3.63, 3.8) is 0 Å². The van der Waals surface area contributed by atoms with Crippen LogP contribution in [0.3, 0.4) is 0 Å². The molecule has 1 unspecified atom stereocenters. The van der Waals surface area contributed by atoms with Crippen LogP contribution in [0.15, 0.2) is 57.8 Å². The van der Waals surface area contributed by atoms with Gasteiger partial charge in [-0.05, 0) is 23.8 Å². The van der Waals surface area contributed by atoms with Crippen LogP contribution in [0.1, 0.15) is 11.6 Å². The van der Waals surface area contributed by atoms with E-state index in [2.05, 4.69) is 26.1 Å². The number of methoxy groups -OCH3 is 1. The topological polar surface area (TPSA) is 81.7 Å². The molecule has 0 bridgehead atoms. The average molecular weight is 456 g/mol. The first kappa shape index (κ1) is 19.1. The smallest absolute Gasteiger partial charge is 0.333 e. The van der Waals surface area contributed by atoms with E-state index < -0.39 is 12.0 Å². The molecule has 0 saturated heterocycles. The summed E-state index contributed by atoms with van der Waals surface area (Å²) in [4.78, 5) is 28.1. The van der Waals surface area contributed by atoms with Crippen molar-refractivity contribution in [1.29, 1.82) is 0 Å². The zero-order chi connectivity index (χ0) is 20.7. The van der Waals surface area contributed by atoms with Gasteiger partial charge >= 0.3 is 5.97 Å². The molecule has 0 N–H and O–H groups in total. The Labute approximate surface area is 174 Å². The summed E-state index contributed by atoms with van der Waals surface area (Å²) in [5, 5.41) is 8.93. The zero-order valence-corrected chi connectivity index (χ0v) is 17.6. The fraction of sp³-hybridized carbons (Fsp3) is 0.200. The summed E-state index contributed by atoms with van der Waals surface area (Å²) in [5.74, 6) is 0.231. The second-order valence-electron chi connectivity index (χ2n) is 6.70. The molecule has 0 amide bonds. The molecule has 2 aromatic carbocycles. The lowest BCUT2D eigenvalue weighted by Gasteiger charge is -2.20. The summed E-state index contributed by atoms with van der Waals surface area (Å²) in [7, 11) is 4.98. The average Bonchev–Trinajstić information content (AvgIpc) is 3.16. The maximum atomic E-state index is 13.5. The van der Waals surface area contributed by atoms with Crippen molar-refractivity contribution in [2.24, 2.45) is 0 Å². The van der Waals surface area contributed by atoms with Crippen LogP contribution in [0.2, 0.25) is 0 Å². The van der Waals surface area contributed by atoms with Crippen molar-refractivity contribution in [3.05, 3.63) is 68.9 Å². The molecule has 0 aliphatic rings. The fourth-order valence-corrected chi connectivity index (χ4v) is 3.76. The zero-order valence-electron chi connectivity index (χ0n) is 16.0. The molecule has 0 aliphatic heterocycles. The van der Waals surface area contributed by atoms with Crippen LogP contribution in [0.4, 0.5) is 5.95 Å².